The van der Waals surface area contributed by atoms with Crippen LogP contribution in [0.5, 0.6) is 0 Å². The molecule has 0 aliphatic heterocycles. The van der Waals surface area contributed by atoms with Crippen LogP contribution in [0, 0.1) is 13.8 Å². The van der Waals surface area contributed by atoms with Crippen LogP contribution in [0.1, 0.15) is 43.4 Å². The van der Waals surface area contributed by atoms with E-state index in [-0.39, 0.29) is 12.0 Å². The van der Waals surface area contributed by atoms with E-state index < -0.39 is 0 Å². The van der Waals surface area contributed by atoms with E-state index in [0.29, 0.717) is 0 Å². The van der Waals surface area contributed by atoms with Gasteiger partial charge in [0, 0.05) is 11.1 Å². The van der Waals surface area contributed by atoms with Crippen LogP contribution in [-0.2, 0) is 12.0 Å². The topological polar surface area (TPSA) is 50.9 Å². The molecule has 0 aliphatic carbocycles. The van der Waals surface area contributed by atoms with Crippen molar-refractivity contribution in [3.63, 3.8) is 0 Å². The summed E-state index contributed by atoms with van der Waals surface area (Å²) in [6.07, 6.45) is 0. The summed E-state index contributed by atoms with van der Waals surface area (Å²) in [5, 5.41) is 14.0. The van der Waals surface area contributed by atoms with E-state index in [2.05, 4.69) is 41.8 Å². The highest BCUT2D eigenvalue weighted by Crippen LogP contribution is 2.26. The van der Waals surface area contributed by atoms with Crippen LogP contribution in [0.3, 0.4) is 0 Å². The Bertz CT molecular complexity index is 641. The molecule has 2 aromatic heterocycles. The molecule has 0 atom stereocenters. The number of aryl methyl sites for hydroxylation is 1. The van der Waals surface area contributed by atoms with Gasteiger partial charge in [-0.15, -0.1) is 0 Å². The molecule has 108 valence electrons. The Kier molecular flexibility index (Phi) is 4.02. The highest BCUT2D eigenvalue weighted by atomic mass is 79.9. The van der Waals surface area contributed by atoms with Crippen LogP contribution in [-0.4, -0.2) is 19.9 Å². The number of hydrogen-bond acceptors (Lipinski definition) is 3. The van der Waals surface area contributed by atoms with Crippen molar-refractivity contribution in [2.75, 3.05) is 0 Å². The Balaban J connectivity index is 2.64. The highest BCUT2D eigenvalue weighted by Gasteiger charge is 2.19. The number of aromatic nitrogens is 3. The zero-order valence-electron chi connectivity index (χ0n) is 12.5. The lowest BCUT2D eigenvalue weighted by Crippen LogP contribution is -2.16. The van der Waals surface area contributed by atoms with Gasteiger partial charge < -0.3 is 5.11 Å². The van der Waals surface area contributed by atoms with Crippen LogP contribution in [0.2, 0.25) is 0 Å². The minimum absolute atomic E-state index is 0.000925. The molecule has 0 saturated carbocycles. The van der Waals surface area contributed by atoms with E-state index >= 15 is 0 Å². The molecule has 0 fully saturated rings. The number of rotatable bonds is 2. The molecule has 0 amide bonds. The fourth-order valence-electron chi connectivity index (χ4n) is 2.00. The van der Waals surface area contributed by atoms with E-state index in [4.69, 9.17) is 4.98 Å². The summed E-state index contributed by atoms with van der Waals surface area (Å²) in [5.74, 6) is 0.743. The van der Waals surface area contributed by atoms with Crippen molar-refractivity contribution >= 4 is 15.9 Å². The van der Waals surface area contributed by atoms with Gasteiger partial charge in [-0.05, 0) is 47.5 Å². The van der Waals surface area contributed by atoms with Gasteiger partial charge in [0.2, 0.25) is 0 Å². The van der Waals surface area contributed by atoms with Crippen molar-refractivity contribution < 1.29 is 5.11 Å². The second-order valence-electron chi connectivity index (χ2n) is 6.02. The average molecular weight is 338 g/mol. The Hall–Kier alpha value is -1.20. The van der Waals surface area contributed by atoms with E-state index in [1.54, 1.807) is 0 Å². The van der Waals surface area contributed by atoms with Gasteiger partial charge in [0.25, 0.3) is 0 Å². The molecule has 5 heteroatoms. The van der Waals surface area contributed by atoms with Crippen molar-refractivity contribution in [1.29, 1.82) is 0 Å². The van der Waals surface area contributed by atoms with Crippen LogP contribution in [0.4, 0.5) is 0 Å². The fraction of sp³-hybridized carbons (Fsp3) is 0.467. The molecule has 0 saturated heterocycles. The van der Waals surface area contributed by atoms with Crippen molar-refractivity contribution in [3.8, 4) is 5.82 Å². The molecular formula is C15H20BrN3O. The second kappa shape index (κ2) is 5.30. The molecule has 2 aromatic rings. The first kappa shape index (κ1) is 15.2. The first-order chi connectivity index (χ1) is 9.24. The van der Waals surface area contributed by atoms with Gasteiger partial charge in [-0.3, -0.25) is 0 Å². The Morgan fingerprint density at radius 3 is 2.35 bits per heavy atom. The largest absolute Gasteiger partial charge is 0.392 e. The summed E-state index contributed by atoms with van der Waals surface area (Å²) in [5.41, 5.74) is 3.65. The molecule has 2 heterocycles. The summed E-state index contributed by atoms with van der Waals surface area (Å²) < 4.78 is 2.80. The molecule has 0 aromatic carbocycles. The molecular weight excluding hydrogens is 318 g/mol. The zero-order chi connectivity index (χ0) is 15.1. The summed E-state index contributed by atoms with van der Waals surface area (Å²) in [7, 11) is 0. The molecule has 4 nitrogen and oxygen atoms in total. The standard InChI is InChI=1S/C15H20BrN3O/c1-9-14(16)10(2)19(18-9)13-7-11(8-20)6-12(17-13)15(3,4)5/h6-7,20H,8H2,1-5H3. The maximum atomic E-state index is 9.46. The third-order valence-corrected chi connectivity index (χ3v) is 4.39. The van der Waals surface area contributed by atoms with Crippen molar-refractivity contribution in [2.24, 2.45) is 0 Å². The SMILES string of the molecule is Cc1nn(-c2cc(CO)cc(C(C)(C)C)n2)c(C)c1Br. The molecule has 0 spiro atoms. The number of hydrogen-bond donors (Lipinski definition) is 1. The summed E-state index contributed by atoms with van der Waals surface area (Å²) >= 11 is 3.53. The van der Waals surface area contributed by atoms with Gasteiger partial charge in [0.05, 0.1) is 22.5 Å². The molecule has 20 heavy (non-hydrogen) atoms. The number of halogens is 1. The molecule has 2 rings (SSSR count). The van der Waals surface area contributed by atoms with Gasteiger partial charge in [0.15, 0.2) is 5.82 Å². The summed E-state index contributed by atoms with van der Waals surface area (Å²) in [4.78, 5) is 4.71. The minimum Gasteiger partial charge on any atom is -0.392 e. The lowest BCUT2D eigenvalue weighted by Gasteiger charge is -2.20. The lowest BCUT2D eigenvalue weighted by atomic mass is 9.91. The molecule has 0 radical (unpaired) electrons. The first-order valence-electron chi connectivity index (χ1n) is 6.58. The summed E-state index contributed by atoms with van der Waals surface area (Å²) in [6.45, 7) is 10.3. The Labute approximate surface area is 128 Å². The fourth-order valence-corrected chi connectivity index (χ4v) is 2.25. The average Bonchev–Trinajstić information content (AvgIpc) is 2.65. The smallest absolute Gasteiger partial charge is 0.154 e. The van der Waals surface area contributed by atoms with Crippen molar-refractivity contribution in [1.82, 2.24) is 14.8 Å². The monoisotopic (exact) mass is 337 g/mol. The van der Waals surface area contributed by atoms with E-state index in [1.807, 2.05) is 30.7 Å². The van der Waals surface area contributed by atoms with Gasteiger partial charge in [-0.1, -0.05) is 20.8 Å². The number of aliphatic hydroxyl groups is 1. The molecule has 0 unspecified atom stereocenters. The maximum absolute atomic E-state index is 9.46. The Morgan fingerprint density at radius 1 is 1.25 bits per heavy atom. The molecule has 0 bridgehead atoms. The normalized spacial score (nSPS) is 11.9. The number of aliphatic hydroxyl groups excluding tert-OH is 1. The predicted octanol–water partition coefficient (Wildman–Crippen LogP) is 3.44. The van der Waals surface area contributed by atoms with Crippen LogP contribution >= 0.6 is 15.9 Å². The maximum Gasteiger partial charge on any atom is 0.154 e. The quantitative estimate of drug-likeness (QED) is 0.913. The van der Waals surface area contributed by atoms with Crippen molar-refractivity contribution in [2.45, 2.75) is 46.6 Å². The van der Waals surface area contributed by atoms with Crippen LogP contribution < -0.4 is 0 Å². The Morgan fingerprint density at radius 2 is 1.90 bits per heavy atom. The van der Waals surface area contributed by atoms with Gasteiger partial charge in [0.1, 0.15) is 0 Å². The summed E-state index contributed by atoms with van der Waals surface area (Å²) in [6, 6.07) is 3.82. The van der Waals surface area contributed by atoms with E-state index in [0.717, 1.165) is 32.9 Å². The first-order valence-corrected chi connectivity index (χ1v) is 7.37. The lowest BCUT2D eigenvalue weighted by molar-refractivity contribution is 0.281. The van der Waals surface area contributed by atoms with Gasteiger partial charge in [-0.25, -0.2) is 9.67 Å². The third kappa shape index (κ3) is 2.79. The number of pyridine rings is 1. The predicted molar refractivity (Wildman–Crippen MR) is 83.2 cm³/mol. The zero-order valence-corrected chi connectivity index (χ0v) is 14.1. The second-order valence-corrected chi connectivity index (χ2v) is 6.82. The number of nitrogens with zero attached hydrogens (tertiary/aromatic N) is 3. The van der Waals surface area contributed by atoms with Gasteiger partial charge >= 0.3 is 0 Å². The van der Waals surface area contributed by atoms with Crippen LogP contribution in [0.15, 0.2) is 16.6 Å². The molecule has 0 aliphatic rings. The van der Waals surface area contributed by atoms with Gasteiger partial charge in [-0.2, -0.15) is 5.10 Å². The van der Waals surface area contributed by atoms with Crippen molar-refractivity contribution in [3.05, 3.63) is 39.3 Å². The third-order valence-electron chi connectivity index (χ3n) is 3.24. The van der Waals surface area contributed by atoms with E-state index in [1.165, 1.54) is 0 Å². The minimum atomic E-state index is -0.0761. The molecule has 1 N–H and O–H groups in total. The van der Waals surface area contributed by atoms with E-state index in [9.17, 15) is 5.11 Å². The highest BCUT2D eigenvalue weighted by molar-refractivity contribution is 9.10. The van der Waals surface area contributed by atoms with Crippen LogP contribution in [0.25, 0.3) is 5.82 Å².